The van der Waals surface area contributed by atoms with E-state index in [1.54, 1.807) is 12.0 Å². The van der Waals surface area contributed by atoms with E-state index in [-0.39, 0.29) is 5.91 Å². The van der Waals surface area contributed by atoms with Crippen molar-refractivity contribution in [1.82, 2.24) is 0 Å². The zero-order valence-corrected chi connectivity index (χ0v) is 18.3. The maximum Gasteiger partial charge on any atom is 0.271 e. The summed E-state index contributed by atoms with van der Waals surface area (Å²) in [6.45, 7) is 0. The number of carbonyl (C=O) groups is 1. The van der Waals surface area contributed by atoms with Gasteiger partial charge in [0.2, 0.25) is 0 Å². The van der Waals surface area contributed by atoms with E-state index < -0.39 is 0 Å². The van der Waals surface area contributed by atoms with Crippen molar-refractivity contribution in [3.63, 3.8) is 0 Å². The van der Waals surface area contributed by atoms with Gasteiger partial charge in [0.1, 0.15) is 5.75 Å². The Labute approximate surface area is 190 Å². The zero-order valence-electron chi connectivity index (χ0n) is 17.4. The first kappa shape index (κ1) is 20.1. The van der Waals surface area contributed by atoms with Gasteiger partial charge in [0.05, 0.1) is 23.4 Å². The number of ether oxygens (including phenoxy) is 1. The Morgan fingerprint density at radius 2 is 1.53 bits per heavy atom. The molecule has 0 unspecified atom stereocenters. The van der Waals surface area contributed by atoms with Gasteiger partial charge in [-0.25, -0.2) is 4.99 Å². The number of aliphatic imine (C=N–C) groups is 1. The molecule has 32 heavy (non-hydrogen) atoms. The minimum absolute atomic E-state index is 0.106. The Kier molecular flexibility index (Phi) is 5.48. The van der Waals surface area contributed by atoms with Gasteiger partial charge < -0.3 is 4.74 Å². The van der Waals surface area contributed by atoms with Crippen LogP contribution in [0.5, 0.6) is 5.75 Å². The van der Waals surface area contributed by atoms with Crippen molar-refractivity contribution in [3.8, 4) is 5.75 Å². The summed E-state index contributed by atoms with van der Waals surface area (Å²) in [6, 6.07) is 31.3. The highest BCUT2D eigenvalue weighted by atomic mass is 32.2. The van der Waals surface area contributed by atoms with E-state index in [1.165, 1.54) is 11.8 Å². The van der Waals surface area contributed by atoms with E-state index >= 15 is 0 Å². The topological polar surface area (TPSA) is 41.9 Å². The van der Waals surface area contributed by atoms with Crippen LogP contribution in [0.15, 0.2) is 107 Å². The molecular weight excluding hydrogens is 416 g/mol. The Balaban J connectivity index is 1.65. The molecule has 0 aliphatic carbocycles. The molecule has 5 rings (SSSR count). The van der Waals surface area contributed by atoms with Gasteiger partial charge in [-0.1, -0.05) is 66.7 Å². The van der Waals surface area contributed by atoms with Gasteiger partial charge in [-0.15, -0.1) is 0 Å². The lowest BCUT2D eigenvalue weighted by Crippen LogP contribution is -2.28. The van der Waals surface area contributed by atoms with Crippen molar-refractivity contribution in [2.45, 2.75) is 0 Å². The maximum absolute atomic E-state index is 13.6. The molecule has 0 spiro atoms. The molecule has 0 saturated carbocycles. The molecule has 0 N–H and O–H groups in total. The smallest absolute Gasteiger partial charge is 0.271 e. The first-order valence-corrected chi connectivity index (χ1v) is 11.0. The van der Waals surface area contributed by atoms with Crippen molar-refractivity contribution < 1.29 is 9.53 Å². The average Bonchev–Trinajstić information content (AvgIpc) is 3.14. The van der Waals surface area contributed by atoms with Crippen LogP contribution in [-0.2, 0) is 4.79 Å². The SMILES string of the molecule is COc1ccc2ccccc2c1C=C1SC(=Nc2ccccc2)N(c2ccccc2)C1=O. The Hall–Kier alpha value is -3.83. The van der Waals surface area contributed by atoms with E-state index in [0.717, 1.165) is 33.5 Å². The van der Waals surface area contributed by atoms with Crippen molar-refractivity contribution in [1.29, 1.82) is 0 Å². The molecule has 0 radical (unpaired) electrons. The third-order valence-electron chi connectivity index (χ3n) is 5.23. The van der Waals surface area contributed by atoms with Crippen LogP contribution >= 0.6 is 11.8 Å². The zero-order chi connectivity index (χ0) is 21.9. The molecule has 1 aliphatic rings. The predicted octanol–water partition coefficient (Wildman–Crippen LogP) is 6.66. The summed E-state index contributed by atoms with van der Waals surface area (Å²) in [5, 5.41) is 2.75. The summed E-state index contributed by atoms with van der Waals surface area (Å²) < 4.78 is 5.62. The van der Waals surface area contributed by atoms with Gasteiger partial charge in [-0.2, -0.15) is 0 Å². The van der Waals surface area contributed by atoms with Crippen LogP contribution in [0.1, 0.15) is 5.56 Å². The number of carbonyl (C=O) groups excluding carboxylic acids is 1. The van der Waals surface area contributed by atoms with Crippen LogP contribution in [0.4, 0.5) is 11.4 Å². The summed E-state index contributed by atoms with van der Waals surface area (Å²) >= 11 is 1.37. The first-order chi connectivity index (χ1) is 15.7. The van der Waals surface area contributed by atoms with Gasteiger partial charge >= 0.3 is 0 Å². The van der Waals surface area contributed by atoms with E-state index in [2.05, 4.69) is 6.07 Å². The monoisotopic (exact) mass is 436 g/mol. The van der Waals surface area contributed by atoms with Gasteiger partial charge in [0, 0.05) is 5.56 Å². The summed E-state index contributed by atoms with van der Waals surface area (Å²) in [6.07, 6.45) is 1.91. The van der Waals surface area contributed by atoms with Crippen molar-refractivity contribution in [2.24, 2.45) is 4.99 Å². The van der Waals surface area contributed by atoms with Gasteiger partial charge in [0.15, 0.2) is 5.17 Å². The van der Waals surface area contributed by atoms with Gasteiger partial charge in [-0.3, -0.25) is 9.69 Å². The number of benzene rings is 4. The Morgan fingerprint density at radius 3 is 2.28 bits per heavy atom. The molecule has 4 aromatic rings. The van der Waals surface area contributed by atoms with Crippen LogP contribution in [0.3, 0.4) is 0 Å². The Morgan fingerprint density at radius 1 is 0.844 bits per heavy atom. The van der Waals surface area contributed by atoms with Crippen LogP contribution in [0, 0.1) is 0 Å². The van der Waals surface area contributed by atoms with Crippen LogP contribution in [0.2, 0.25) is 0 Å². The molecule has 0 aromatic heterocycles. The summed E-state index contributed by atoms with van der Waals surface area (Å²) in [5.41, 5.74) is 2.47. The second-order valence-corrected chi connectivity index (χ2v) is 8.23. The number of rotatable bonds is 4. The number of hydrogen-bond donors (Lipinski definition) is 0. The highest BCUT2D eigenvalue weighted by Crippen LogP contribution is 2.39. The van der Waals surface area contributed by atoms with Crippen molar-refractivity contribution >= 4 is 51.1 Å². The maximum atomic E-state index is 13.6. The van der Waals surface area contributed by atoms with E-state index in [4.69, 9.17) is 9.73 Å². The molecule has 1 amide bonds. The lowest BCUT2D eigenvalue weighted by molar-refractivity contribution is -0.113. The quantitative estimate of drug-likeness (QED) is 0.336. The molecule has 1 heterocycles. The van der Waals surface area contributed by atoms with Gasteiger partial charge in [-0.05, 0) is 58.9 Å². The number of amides is 1. The molecule has 4 nitrogen and oxygen atoms in total. The van der Waals surface area contributed by atoms with Crippen LogP contribution in [0.25, 0.3) is 16.8 Å². The molecule has 1 saturated heterocycles. The molecule has 5 heteroatoms. The number of para-hydroxylation sites is 2. The minimum Gasteiger partial charge on any atom is -0.496 e. The third kappa shape index (κ3) is 3.79. The lowest BCUT2D eigenvalue weighted by Gasteiger charge is -2.15. The standard InChI is InChI=1S/C27H20N2O2S/c1-31-24-17-16-19-10-8-9-15-22(19)23(24)18-25-26(30)29(21-13-6-3-7-14-21)27(32-25)28-20-11-4-2-5-12-20/h2-18H,1H3. The number of methoxy groups -OCH3 is 1. The average molecular weight is 437 g/mol. The summed E-state index contributed by atoms with van der Waals surface area (Å²) in [4.78, 5) is 20.6. The predicted molar refractivity (Wildman–Crippen MR) is 134 cm³/mol. The molecule has 1 aliphatic heterocycles. The third-order valence-corrected chi connectivity index (χ3v) is 6.20. The highest BCUT2D eigenvalue weighted by molar-refractivity contribution is 8.19. The minimum atomic E-state index is -0.106. The van der Waals surface area contributed by atoms with E-state index in [0.29, 0.717) is 10.1 Å². The second-order valence-electron chi connectivity index (χ2n) is 7.22. The molecule has 0 bridgehead atoms. The number of thioether (sulfide) groups is 1. The number of nitrogens with zero attached hydrogens (tertiary/aromatic N) is 2. The van der Waals surface area contributed by atoms with Crippen LogP contribution in [-0.4, -0.2) is 18.2 Å². The fraction of sp³-hybridized carbons (Fsp3) is 0.0370. The first-order valence-electron chi connectivity index (χ1n) is 10.2. The van der Waals surface area contributed by atoms with Crippen molar-refractivity contribution in [3.05, 3.63) is 108 Å². The number of amidine groups is 1. The molecule has 0 atom stereocenters. The normalized spacial score (nSPS) is 16.3. The molecule has 4 aromatic carbocycles. The largest absolute Gasteiger partial charge is 0.496 e. The van der Waals surface area contributed by atoms with Crippen LogP contribution < -0.4 is 9.64 Å². The highest BCUT2D eigenvalue weighted by Gasteiger charge is 2.35. The Bertz CT molecular complexity index is 1350. The second kappa shape index (κ2) is 8.73. The number of anilines is 1. The molecular formula is C27H20N2O2S. The summed E-state index contributed by atoms with van der Waals surface area (Å²) in [5.74, 6) is 0.621. The molecule has 1 fully saturated rings. The fourth-order valence-electron chi connectivity index (χ4n) is 3.70. The number of hydrogen-bond acceptors (Lipinski definition) is 4. The molecule has 156 valence electrons. The number of fused-ring (bicyclic) bond motifs is 1. The lowest BCUT2D eigenvalue weighted by atomic mass is 10.0. The fourth-order valence-corrected chi connectivity index (χ4v) is 4.68. The van der Waals surface area contributed by atoms with E-state index in [1.807, 2.05) is 97.1 Å². The van der Waals surface area contributed by atoms with E-state index in [9.17, 15) is 4.79 Å². The van der Waals surface area contributed by atoms with Gasteiger partial charge in [0.25, 0.3) is 5.91 Å². The summed E-state index contributed by atoms with van der Waals surface area (Å²) in [7, 11) is 1.65. The van der Waals surface area contributed by atoms with Crippen molar-refractivity contribution in [2.75, 3.05) is 12.0 Å².